The van der Waals surface area contributed by atoms with Crippen LogP contribution in [0.1, 0.15) is 31.2 Å². The summed E-state index contributed by atoms with van der Waals surface area (Å²) in [6.07, 6.45) is 1.61. The number of piperidine rings is 1. The molecule has 4 rings (SSSR count). The number of amides is 1. The lowest BCUT2D eigenvalue weighted by molar-refractivity contribution is -0.125. The van der Waals surface area contributed by atoms with Crippen LogP contribution < -0.4 is 15.0 Å². The third-order valence-corrected chi connectivity index (χ3v) is 5.82. The number of fused-ring (bicyclic) bond motifs is 1. The first-order chi connectivity index (χ1) is 14.5. The van der Waals surface area contributed by atoms with Crippen LogP contribution in [0.15, 0.2) is 24.3 Å². The maximum atomic E-state index is 12.2. The molecule has 3 heterocycles. The first-order valence-electron chi connectivity index (χ1n) is 10.4. The minimum atomic E-state index is 0.0636. The van der Waals surface area contributed by atoms with Gasteiger partial charge in [-0.15, -0.1) is 5.10 Å². The summed E-state index contributed by atoms with van der Waals surface area (Å²) in [4.78, 5) is 14.4. The maximum absolute atomic E-state index is 12.2. The summed E-state index contributed by atoms with van der Waals surface area (Å²) >= 11 is 0. The quantitative estimate of drug-likeness (QED) is 0.699. The van der Waals surface area contributed by atoms with Crippen LogP contribution in [0.5, 0.6) is 5.75 Å². The number of anilines is 1. The van der Waals surface area contributed by atoms with Crippen molar-refractivity contribution in [2.45, 2.75) is 33.6 Å². The Labute approximate surface area is 176 Å². The van der Waals surface area contributed by atoms with E-state index in [1.165, 1.54) is 0 Å². The van der Waals surface area contributed by atoms with Gasteiger partial charge in [-0.3, -0.25) is 4.79 Å². The van der Waals surface area contributed by atoms with E-state index in [-0.39, 0.29) is 11.8 Å². The molecule has 1 aromatic carbocycles. The van der Waals surface area contributed by atoms with Gasteiger partial charge in [-0.2, -0.15) is 10.2 Å². The Morgan fingerprint density at radius 1 is 1.17 bits per heavy atom. The minimum Gasteiger partial charge on any atom is -0.497 e. The van der Waals surface area contributed by atoms with Crippen LogP contribution in [-0.2, 0) is 4.79 Å². The Bertz CT molecular complexity index is 1050. The van der Waals surface area contributed by atoms with E-state index < -0.39 is 0 Å². The molecule has 8 nitrogen and oxygen atoms in total. The van der Waals surface area contributed by atoms with Crippen molar-refractivity contribution in [1.29, 1.82) is 0 Å². The molecule has 2 aromatic heterocycles. The van der Waals surface area contributed by atoms with E-state index in [9.17, 15) is 4.79 Å². The Morgan fingerprint density at radius 3 is 2.50 bits per heavy atom. The molecule has 8 heteroatoms. The van der Waals surface area contributed by atoms with Gasteiger partial charge in [-0.05, 0) is 57.9 Å². The summed E-state index contributed by atoms with van der Waals surface area (Å²) in [6.45, 7) is 8.18. The fourth-order valence-electron chi connectivity index (χ4n) is 4.17. The van der Waals surface area contributed by atoms with Crippen LogP contribution in [0.25, 0.3) is 16.6 Å². The number of carbonyl (C=O) groups excluding carboxylic acids is 1. The molecule has 158 valence electrons. The average molecular weight is 409 g/mol. The van der Waals surface area contributed by atoms with Crippen LogP contribution in [0.2, 0.25) is 0 Å². The standard InChI is InChI=1S/C22H28N6O2/c1-5-23-22(29)16-10-12-27(13-11-16)21-20-19(14(2)24-25-21)15(3)28(26-20)17-6-8-18(30-4)9-7-17/h6-9,16H,5,10-13H2,1-4H3,(H,23,29). The number of ether oxygens (including phenoxy) is 1. The van der Waals surface area contributed by atoms with Gasteiger partial charge in [0.05, 0.1) is 29.6 Å². The molecule has 3 aromatic rings. The molecule has 30 heavy (non-hydrogen) atoms. The van der Waals surface area contributed by atoms with Crippen molar-refractivity contribution in [2.75, 3.05) is 31.6 Å². The summed E-state index contributed by atoms with van der Waals surface area (Å²) in [5, 5.41) is 17.8. The first kappa shape index (κ1) is 20.1. The Hall–Kier alpha value is -3.16. The number of aryl methyl sites for hydroxylation is 2. The third-order valence-electron chi connectivity index (χ3n) is 5.82. The smallest absolute Gasteiger partial charge is 0.223 e. The molecule has 0 atom stereocenters. The fraction of sp³-hybridized carbons (Fsp3) is 0.455. The highest BCUT2D eigenvalue weighted by molar-refractivity contribution is 5.92. The average Bonchev–Trinajstić information content (AvgIpc) is 3.12. The molecule has 0 bridgehead atoms. The molecule has 0 unspecified atom stereocenters. The highest BCUT2D eigenvalue weighted by Crippen LogP contribution is 2.31. The van der Waals surface area contributed by atoms with Gasteiger partial charge >= 0.3 is 0 Å². The van der Waals surface area contributed by atoms with Gasteiger partial charge < -0.3 is 15.0 Å². The van der Waals surface area contributed by atoms with Crippen LogP contribution >= 0.6 is 0 Å². The summed E-state index contributed by atoms with van der Waals surface area (Å²) in [7, 11) is 1.66. The zero-order chi connectivity index (χ0) is 21.3. The van der Waals surface area contributed by atoms with Crippen molar-refractivity contribution >= 4 is 22.6 Å². The molecule has 1 aliphatic heterocycles. The number of nitrogens with one attached hydrogen (secondary N) is 1. The second-order valence-corrected chi connectivity index (χ2v) is 7.68. The van der Waals surface area contributed by atoms with Crippen LogP contribution in [0, 0.1) is 19.8 Å². The SMILES string of the molecule is CCNC(=O)C1CCN(c2nnc(C)c3c(C)n(-c4ccc(OC)cc4)nc23)CC1. The predicted molar refractivity (Wildman–Crippen MR) is 116 cm³/mol. The topological polar surface area (TPSA) is 85.2 Å². The number of aromatic nitrogens is 4. The number of rotatable bonds is 5. The monoisotopic (exact) mass is 408 g/mol. The lowest BCUT2D eigenvalue weighted by atomic mass is 9.96. The van der Waals surface area contributed by atoms with Gasteiger partial charge in [0.15, 0.2) is 5.82 Å². The van der Waals surface area contributed by atoms with Crippen LogP contribution in [0.3, 0.4) is 0 Å². The second kappa shape index (κ2) is 8.30. The van der Waals surface area contributed by atoms with Crippen molar-refractivity contribution in [3.8, 4) is 11.4 Å². The maximum Gasteiger partial charge on any atom is 0.223 e. The van der Waals surface area contributed by atoms with Crippen molar-refractivity contribution in [3.63, 3.8) is 0 Å². The molecule has 1 fully saturated rings. The van der Waals surface area contributed by atoms with E-state index in [4.69, 9.17) is 9.84 Å². The molecule has 0 aliphatic carbocycles. The number of hydrogen-bond acceptors (Lipinski definition) is 6. The Morgan fingerprint density at radius 2 is 1.87 bits per heavy atom. The largest absolute Gasteiger partial charge is 0.497 e. The fourth-order valence-corrected chi connectivity index (χ4v) is 4.17. The van der Waals surface area contributed by atoms with E-state index in [2.05, 4.69) is 27.3 Å². The summed E-state index contributed by atoms with van der Waals surface area (Å²) < 4.78 is 7.20. The highest BCUT2D eigenvalue weighted by atomic mass is 16.5. The number of carbonyl (C=O) groups is 1. The summed E-state index contributed by atoms with van der Waals surface area (Å²) in [6, 6.07) is 7.84. The van der Waals surface area contributed by atoms with Gasteiger partial charge in [0.25, 0.3) is 0 Å². The van der Waals surface area contributed by atoms with Crippen molar-refractivity contribution < 1.29 is 9.53 Å². The molecule has 0 radical (unpaired) electrons. The van der Waals surface area contributed by atoms with Gasteiger partial charge in [0.2, 0.25) is 5.91 Å². The zero-order valence-electron chi connectivity index (χ0n) is 18.0. The lowest BCUT2D eigenvalue weighted by Crippen LogP contribution is -2.41. The summed E-state index contributed by atoms with van der Waals surface area (Å²) in [5.41, 5.74) is 3.71. The van der Waals surface area contributed by atoms with E-state index in [0.717, 1.165) is 65.5 Å². The van der Waals surface area contributed by atoms with E-state index in [0.29, 0.717) is 6.54 Å². The Kier molecular flexibility index (Phi) is 5.57. The molecule has 1 N–H and O–H groups in total. The zero-order valence-corrected chi connectivity index (χ0v) is 18.0. The van der Waals surface area contributed by atoms with Crippen molar-refractivity contribution in [3.05, 3.63) is 35.7 Å². The number of methoxy groups -OCH3 is 1. The highest BCUT2D eigenvalue weighted by Gasteiger charge is 2.28. The molecule has 0 spiro atoms. The van der Waals surface area contributed by atoms with Gasteiger partial charge in [0, 0.05) is 25.6 Å². The first-order valence-corrected chi connectivity index (χ1v) is 10.4. The minimum absolute atomic E-state index is 0.0636. The summed E-state index contributed by atoms with van der Waals surface area (Å²) in [5.74, 6) is 1.81. The molecule has 1 saturated heterocycles. The van der Waals surface area contributed by atoms with Gasteiger partial charge in [-0.25, -0.2) is 4.68 Å². The number of benzene rings is 1. The van der Waals surface area contributed by atoms with Crippen LogP contribution in [0.4, 0.5) is 5.82 Å². The molecule has 1 amide bonds. The van der Waals surface area contributed by atoms with E-state index in [1.807, 2.05) is 42.8 Å². The second-order valence-electron chi connectivity index (χ2n) is 7.68. The Balaban J connectivity index is 1.67. The molecule has 0 saturated carbocycles. The van der Waals surface area contributed by atoms with E-state index >= 15 is 0 Å². The predicted octanol–water partition coefficient (Wildman–Crippen LogP) is 2.79. The normalized spacial score (nSPS) is 14.9. The number of hydrogen-bond donors (Lipinski definition) is 1. The van der Waals surface area contributed by atoms with Crippen molar-refractivity contribution in [2.24, 2.45) is 5.92 Å². The van der Waals surface area contributed by atoms with Crippen molar-refractivity contribution in [1.82, 2.24) is 25.3 Å². The molecular formula is C22H28N6O2. The van der Waals surface area contributed by atoms with Gasteiger partial charge in [0.1, 0.15) is 11.3 Å². The number of nitrogens with zero attached hydrogens (tertiary/aromatic N) is 5. The van der Waals surface area contributed by atoms with E-state index in [1.54, 1.807) is 7.11 Å². The van der Waals surface area contributed by atoms with Gasteiger partial charge in [-0.1, -0.05) is 0 Å². The molecule has 1 aliphatic rings. The third kappa shape index (κ3) is 3.58. The lowest BCUT2D eigenvalue weighted by Gasteiger charge is -2.31. The van der Waals surface area contributed by atoms with Crippen LogP contribution in [-0.4, -0.2) is 52.6 Å². The molecular weight excluding hydrogens is 380 g/mol.